The van der Waals surface area contributed by atoms with Crippen LogP contribution in [0.3, 0.4) is 0 Å². The average molecular weight is 440 g/mol. The minimum Gasteiger partial charge on any atom is -0.352 e. The van der Waals surface area contributed by atoms with Gasteiger partial charge in [0.05, 0.1) is 6.54 Å². The minimum atomic E-state index is -0.286. The van der Waals surface area contributed by atoms with Gasteiger partial charge in [-0.25, -0.2) is 0 Å². The van der Waals surface area contributed by atoms with E-state index in [1.807, 2.05) is 0 Å². The molecule has 0 unspecified atom stereocenters. The predicted molar refractivity (Wildman–Crippen MR) is 123 cm³/mol. The number of hydrogen-bond donors (Lipinski definition) is 2. The van der Waals surface area contributed by atoms with Crippen LogP contribution >= 0.6 is 11.6 Å². The molecule has 2 bridgehead atoms. The first-order chi connectivity index (χ1) is 15.1. The number of nitrogens with zero attached hydrogens (tertiary/aromatic N) is 1. The number of carbonyl (C=O) groups is 2. The summed E-state index contributed by atoms with van der Waals surface area (Å²) in [5.41, 5.74) is 1.86. The molecule has 2 aliphatic heterocycles. The van der Waals surface area contributed by atoms with Crippen LogP contribution in [0.5, 0.6) is 0 Å². The van der Waals surface area contributed by atoms with Crippen LogP contribution in [-0.4, -0.2) is 47.9 Å². The Hall–Kier alpha value is -2.37. The van der Waals surface area contributed by atoms with E-state index in [1.54, 1.807) is 24.3 Å². The van der Waals surface area contributed by atoms with Crippen molar-refractivity contribution in [1.29, 1.82) is 0 Å². The van der Waals surface area contributed by atoms with Crippen LogP contribution in [0.1, 0.15) is 48.0 Å². The van der Waals surface area contributed by atoms with Gasteiger partial charge in [-0.3, -0.25) is 14.5 Å². The quantitative estimate of drug-likeness (QED) is 0.657. The van der Waals surface area contributed by atoms with Crippen molar-refractivity contribution in [1.82, 2.24) is 15.5 Å². The highest BCUT2D eigenvalue weighted by Crippen LogP contribution is 2.35. The van der Waals surface area contributed by atoms with E-state index in [0.717, 1.165) is 25.8 Å². The Bertz CT molecular complexity index is 891. The van der Waals surface area contributed by atoms with Gasteiger partial charge in [0, 0.05) is 28.7 Å². The molecule has 0 aromatic heterocycles. The monoisotopic (exact) mass is 439 g/mol. The zero-order valence-electron chi connectivity index (χ0n) is 17.7. The number of benzene rings is 2. The minimum absolute atomic E-state index is 0.0159. The van der Waals surface area contributed by atoms with E-state index < -0.39 is 0 Å². The van der Waals surface area contributed by atoms with Crippen LogP contribution in [0.25, 0.3) is 0 Å². The molecule has 164 valence electrons. The van der Waals surface area contributed by atoms with Gasteiger partial charge in [0.1, 0.15) is 0 Å². The summed E-state index contributed by atoms with van der Waals surface area (Å²) in [6.45, 7) is 1.11. The van der Waals surface area contributed by atoms with Crippen molar-refractivity contribution in [2.45, 2.75) is 56.7 Å². The molecule has 0 saturated carbocycles. The zero-order chi connectivity index (χ0) is 21.6. The summed E-state index contributed by atoms with van der Waals surface area (Å²) in [6, 6.07) is 18.7. The van der Waals surface area contributed by atoms with E-state index in [0.29, 0.717) is 22.7 Å². The van der Waals surface area contributed by atoms with Crippen molar-refractivity contribution in [2.75, 3.05) is 13.1 Å². The van der Waals surface area contributed by atoms with E-state index in [9.17, 15) is 9.59 Å². The molecule has 2 aromatic carbocycles. The van der Waals surface area contributed by atoms with E-state index in [-0.39, 0.29) is 24.4 Å². The first-order valence-corrected chi connectivity index (χ1v) is 11.6. The molecule has 2 N–H and O–H groups in total. The SMILES string of the molecule is O=C(CNC(=O)c1cccc(Cl)c1)N[C@H]1C[C@H]2CC[C@@H](C1)N2CCCc1ccccc1. The van der Waals surface area contributed by atoms with Crippen molar-refractivity contribution in [3.8, 4) is 0 Å². The van der Waals surface area contributed by atoms with Gasteiger partial charge in [0.15, 0.2) is 0 Å². The molecule has 2 fully saturated rings. The van der Waals surface area contributed by atoms with Gasteiger partial charge in [-0.05, 0) is 68.8 Å². The normalized spacial score (nSPS) is 22.8. The van der Waals surface area contributed by atoms with Gasteiger partial charge < -0.3 is 10.6 Å². The van der Waals surface area contributed by atoms with Gasteiger partial charge in [0.2, 0.25) is 5.91 Å². The third kappa shape index (κ3) is 5.86. The maximum atomic E-state index is 12.4. The number of amides is 2. The van der Waals surface area contributed by atoms with Crippen LogP contribution in [0.4, 0.5) is 0 Å². The lowest BCUT2D eigenvalue weighted by Gasteiger charge is -2.39. The van der Waals surface area contributed by atoms with Crippen molar-refractivity contribution in [3.63, 3.8) is 0 Å². The molecule has 3 atom stereocenters. The van der Waals surface area contributed by atoms with Gasteiger partial charge in [-0.2, -0.15) is 0 Å². The number of aryl methyl sites for hydroxylation is 1. The number of carbonyl (C=O) groups excluding carboxylic acids is 2. The number of fused-ring (bicyclic) bond motifs is 2. The number of hydrogen-bond acceptors (Lipinski definition) is 3. The summed E-state index contributed by atoms with van der Waals surface area (Å²) in [5, 5.41) is 6.32. The van der Waals surface area contributed by atoms with Gasteiger partial charge in [0.25, 0.3) is 5.91 Å². The molecule has 2 amide bonds. The molecule has 5 nitrogen and oxygen atoms in total. The average Bonchev–Trinajstić information content (AvgIpc) is 3.01. The lowest BCUT2D eigenvalue weighted by Crippen LogP contribution is -2.52. The van der Waals surface area contributed by atoms with E-state index >= 15 is 0 Å². The van der Waals surface area contributed by atoms with Crippen LogP contribution < -0.4 is 10.6 Å². The summed E-state index contributed by atoms with van der Waals surface area (Å²) in [7, 11) is 0. The van der Waals surface area contributed by atoms with E-state index in [4.69, 9.17) is 11.6 Å². The van der Waals surface area contributed by atoms with Crippen LogP contribution in [0.2, 0.25) is 5.02 Å². The highest BCUT2D eigenvalue weighted by atomic mass is 35.5. The van der Waals surface area contributed by atoms with Gasteiger partial charge in [-0.15, -0.1) is 0 Å². The number of halogens is 1. The molecule has 2 heterocycles. The summed E-state index contributed by atoms with van der Waals surface area (Å²) in [5.74, 6) is -0.414. The van der Waals surface area contributed by atoms with Crippen LogP contribution in [0.15, 0.2) is 54.6 Å². The summed E-state index contributed by atoms with van der Waals surface area (Å²) in [6.07, 6.45) is 6.71. The molecular weight excluding hydrogens is 410 g/mol. The topological polar surface area (TPSA) is 61.4 Å². The number of piperidine rings is 1. The number of rotatable bonds is 8. The molecule has 0 radical (unpaired) electrons. The third-order valence-corrected chi connectivity index (χ3v) is 6.71. The molecule has 2 aliphatic rings. The summed E-state index contributed by atoms with van der Waals surface area (Å²) >= 11 is 5.93. The van der Waals surface area contributed by atoms with Crippen molar-refractivity contribution < 1.29 is 9.59 Å². The number of nitrogens with one attached hydrogen (secondary N) is 2. The maximum Gasteiger partial charge on any atom is 0.251 e. The predicted octanol–water partition coefficient (Wildman–Crippen LogP) is 3.81. The third-order valence-electron chi connectivity index (χ3n) is 6.47. The Morgan fingerprint density at radius 3 is 2.45 bits per heavy atom. The molecular formula is C25H30ClN3O2. The molecule has 0 spiro atoms. The Kier molecular flexibility index (Phi) is 7.25. The zero-order valence-corrected chi connectivity index (χ0v) is 18.5. The second-order valence-electron chi connectivity index (χ2n) is 8.64. The van der Waals surface area contributed by atoms with E-state index in [1.165, 1.54) is 24.8 Å². The lowest BCUT2D eigenvalue weighted by atomic mass is 9.96. The maximum absolute atomic E-state index is 12.4. The fourth-order valence-corrected chi connectivity index (χ4v) is 5.23. The second kappa shape index (κ2) is 10.3. The fraction of sp³-hybridized carbons (Fsp3) is 0.440. The smallest absolute Gasteiger partial charge is 0.251 e. The second-order valence-corrected chi connectivity index (χ2v) is 9.08. The van der Waals surface area contributed by atoms with Gasteiger partial charge >= 0.3 is 0 Å². The summed E-state index contributed by atoms with van der Waals surface area (Å²) in [4.78, 5) is 27.2. The molecule has 6 heteroatoms. The standard InChI is InChI=1S/C25H30ClN3O2/c26-20-10-4-9-19(14-20)25(31)27-17-24(30)28-21-15-22-11-12-23(16-21)29(22)13-5-8-18-6-2-1-3-7-18/h1-4,6-7,9-10,14,21-23H,5,8,11-13,15-17H2,(H,27,31)(H,28,30)/t21-,22+,23-. The fourth-order valence-electron chi connectivity index (χ4n) is 5.04. The molecule has 2 saturated heterocycles. The first kappa shape index (κ1) is 21.8. The molecule has 4 rings (SSSR count). The highest BCUT2D eigenvalue weighted by Gasteiger charge is 2.40. The molecule has 0 aliphatic carbocycles. The van der Waals surface area contributed by atoms with Crippen LogP contribution in [0, 0.1) is 0 Å². The molecule has 2 aromatic rings. The van der Waals surface area contributed by atoms with E-state index in [2.05, 4.69) is 45.9 Å². The Balaban J connectivity index is 1.20. The van der Waals surface area contributed by atoms with Crippen LogP contribution in [-0.2, 0) is 11.2 Å². The summed E-state index contributed by atoms with van der Waals surface area (Å²) < 4.78 is 0. The Morgan fingerprint density at radius 2 is 1.74 bits per heavy atom. The molecule has 31 heavy (non-hydrogen) atoms. The van der Waals surface area contributed by atoms with Crippen molar-refractivity contribution in [3.05, 3.63) is 70.7 Å². The Morgan fingerprint density at radius 1 is 1.00 bits per heavy atom. The van der Waals surface area contributed by atoms with Crippen molar-refractivity contribution >= 4 is 23.4 Å². The Labute approximate surface area is 189 Å². The first-order valence-electron chi connectivity index (χ1n) is 11.2. The van der Waals surface area contributed by atoms with Crippen molar-refractivity contribution in [2.24, 2.45) is 0 Å². The lowest BCUT2D eigenvalue weighted by molar-refractivity contribution is -0.121. The largest absolute Gasteiger partial charge is 0.352 e. The highest BCUT2D eigenvalue weighted by molar-refractivity contribution is 6.30. The van der Waals surface area contributed by atoms with Gasteiger partial charge in [-0.1, -0.05) is 48.0 Å².